The van der Waals surface area contributed by atoms with Gasteiger partial charge in [-0.3, -0.25) is 4.68 Å². The van der Waals surface area contributed by atoms with Crippen LogP contribution in [0.2, 0.25) is 5.02 Å². The van der Waals surface area contributed by atoms with E-state index in [0.29, 0.717) is 5.92 Å². The van der Waals surface area contributed by atoms with E-state index in [1.807, 2.05) is 17.8 Å². The quantitative estimate of drug-likeness (QED) is 0.614. The molecule has 0 saturated carbocycles. The van der Waals surface area contributed by atoms with E-state index in [-0.39, 0.29) is 0 Å². The topological polar surface area (TPSA) is 17.8 Å². The lowest BCUT2D eigenvalue weighted by atomic mass is 9.96. The number of nitrogens with zero attached hydrogens (tertiary/aromatic N) is 2. The molecule has 0 N–H and O–H groups in total. The number of rotatable bonds is 5. The Morgan fingerprint density at radius 2 is 2.05 bits per heavy atom. The highest BCUT2D eigenvalue weighted by Crippen LogP contribution is 2.32. The van der Waals surface area contributed by atoms with E-state index >= 15 is 0 Å². The van der Waals surface area contributed by atoms with E-state index in [1.165, 1.54) is 5.56 Å². The second-order valence-corrected chi connectivity index (χ2v) is 6.64. The predicted octanol–water partition coefficient (Wildman–Crippen LogP) is 5.12. The van der Waals surface area contributed by atoms with Crippen LogP contribution in [0.5, 0.6) is 0 Å². The summed E-state index contributed by atoms with van der Waals surface area (Å²) in [4.78, 5) is 0. The van der Waals surface area contributed by atoms with Gasteiger partial charge in [0.2, 0.25) is 0 Å². The van der Waals surface area contributed by atoms with Crippen molar-refractivity contribution in [3.63, 3.8) is 0 Å². The average molecular weight is 421 g/mol. The van der Waals surface area contributed by atoms with Crippen molar-refractivity contribution in [2.45, 2.75) is 25.7 Å². The van der Waals surface area contributed by atoms with Gasteiger partial charge >= 0.3 is 0 Å². The molecule has 2 aromatic rings. The van der Waals surface area contributed by atoms with Gasteiger partial charge in [0.1, 0.15) is 0 Å². The van der Waals surface area contributed by atoms with Crippen LogP contribution in [0.1, 0.15) is 29.8 Å². The summed E-state index contributed by atoms with van der Waals surface area (Å²) in [5, 5.41) is 6.19. The molecule has 20 heavy (non-hydrogen) atoms. The third kappa shape index (κ3) is 3.29. The van der Waals surface area contributed by atoms with Crippen molar-refractivity contribution in [3.8, 4) is 0 Å². The summed E-state index contributed by atoms with van der Waals surface area (Å²) in [7, 11) is 1.96. The molecule has 1 aromatic heterocycles. The van der Waals surface area contributed by atoms with Crippen LogP contribution >= 0.6 is 43.5 Å². The molecule has 1 heterocycles. The molecule has 0 aliphatic carbocycles. The number of benzene rings is 1. The molecule has 0 radical (unpaired) electrons. The first-order chi connectivity index (χ1) is 9.58. The molecule has 1 atom stereocenters. The van der Waals surface area contributed by atoms with Gasteiger partial charge in [0.25, 0.3) is 0 Å². The Morgan fingerprint density at radius 1 is 1.35 bits per heavy atom. The average Bonchev–Trinajstić information content (AvgIpc) is 2.72. The molecule has 0 aliphatic heterocycles. The summed E-state index contributed by atoms with van der Waals surface area (Å²) >= 11 is 13.7. The van der Waals surface area contributed by atoms with E-state index in [4.69, 9.17) is 11.6 Å². The summed E-state index contributed by atoms with van der Waals surface area (Å²) < 4.78 is 3.05. The summed E-state index contributed by atoms with van der Waals surface area (Å²) in [5.74, 6) is 0.364. The van der Waals surface area contributed by atoms with Crippen molar-refractivity contribution >= 4 is 43.5 Å². The lowest BCUT2D eigenvalue weighted by molar-refractivity contribution is 0.657. The fraction of sp³-hybridized carbons (Fsp3) is 0.400. The minimum absolute atomic E-state index is 0.364. The van der Waals surface area contributed by atoms with Crippen molar-refractivity contribution in [2.24, 2.45) is 7.05 Å². The highest BCUT2D eigenvalue weighted by atomic mass is 79.9. The zero-order chi connectivity index (χ0) is 14.7. The molecule has 2 rings (SSSR count). The van der Waals surface area contributed by atoms with Crippen molar-refractivity contribution in [2.75, 3.05) is 5.33 Å². The summed E-state index contributed by atoms with van der Waals surface area (Å²) in [6.07, 6.45) is 1.73. The Bertz CT molecular complexity index is 596. The van der Waals surface area contributed by atoms with Crippen molar-refractivity contribution in [1.29, 1.82) is 0 Å². The molecule has 2 nitrogen and oxygen atoms in total. The summed E-state index contributed by atoms with van der Waals surface area (Å²) in [6.45, 7) is 2.08. The maximum atomic E-state index is 6.45. The molecule has 0 saturated heterocycles. The van der Waals surface area contributed by atoms with Crippen LogP contribution in [-0.2, 0) is 19.9 Å². The molecule has 0 spiro atoms. The first-order valence-electron chi connectivity index (χ1n) is 6.59. The van der Waals surface area contributed by atoms with Crippen molar-refractivity contribution in [3.05, 3.63) is 50.7 Å². The van der Waals surface area contributed by atoms with Gasteiger partial charge in [0.05, 0.1) is 16.4 Å². The standard InChI is InChI=1S/C15H17Br2ClN2/c1-3-13-15(18)14(20(2)19-13)8-10(9-16)11-6-4-5-7-12(11)17/h4-7,10H,3,8-9H2,1-2H3. The Labute approximate surface area is 141 Å². The molecule has 108 valence electrons. The number of aromatic nitrogens is 2. The number of halogens is 3. The SMILES string of the molecule is CCc1nn(C)c(CC(CBr)c2ccccc2Br)c1Cl. The number of hydrogen-bond donors (Lipinski definition) is 0. The minimum Gasteiger partial charge on any atom is -0.271 e. The Balaban J connectivity index is 2.32. The van der Waals surface area contributed by atoms with Crippen LogP contribution < -0.4 is 0 Å². The minimum atomic E-state index is 0.364. The number of aryl methyl sites for hydroxylation is 2. The van der Waals surface area contributed by atoms with Gasteiger partial charge in [0.15, 0.2) is 0 Å². The van der Waals surface area contributed by atoms with Crippen LogP contribution in [-0.4, -0.2) is 15.1 Å². The van der Waals surface area contributed by atoms with Crippen LogP contribution in [0, 0.1) is 0 Å². The van der Waals surface area contributed by atoms with Crippen LogP contribution in [0.4, 0.5) is 0 Å². The van der Waals surface area contributed by atoms with E-state index in [9.17, 15) is 0 Å². The predicted molar refractivity (Wildman–Crippen MR) is 92.0 cm³/mol. The number of alkyl halides is 1. The van der Waals surface area contributed by atoms with Gasteiger partial charge in [0, 0.05) is 22.8 Å². The van der Waals surface area contributed by atoms with E-state index in [2.05, 4.69) is 62.1 Å². The smallest absolute Gasteiger partial charge is 0.0849 e. The normalized spacial score (nSPS) is 12.7. The molecular formula is C15H17Br2ClN2. The lowest BCUT2D eigenvalue weighted by Crippen LogP contribution is -2.09. The van der Waals surface area contributed by atoms with Crippen LogP contribution in [0.25, 0.3) is 0 Å². The molecule has 0 amide bonds. The van der Waals surface area contributed by atoms with Crippen molar-refractivity contribution < 1.29 is 0 Å². The third-order valence-electron chi connectivity index (χ3n) is 3.47. The van der Waals surface area contributed by atoms with Gasteiger partial charge in [-0.05, 0) is 24.5 Å². The zero-order valence-corrected chi connectivity index (χ0v) is 15.5. The lowest BCUT2D eigenvalue weighted by Gasteiger charge is -2.16. The fourth-order valence-electron chi connectivity index (χ4n) is 2.33. The second kappa shape index (κ2) is 7.10. The van der Waals surface area contributed by atoms with Gasteiger partial charge < -0.3 is 0 Å². The Hall–Kier alpha value is -0.320. The largest absolute Gasteiger partial charge is 0.271 e. The molecular weight excluding hydrogens is 403 g/mol. The van der Waals surface area contributed by atoms with Crippen LogP contribution in [0.15, 0.2) is 28.7 Å². The summed E-state index contributed by atoms with van der Waals surface area (Å²) in [5.41, 5.74) is 3.37. The van der Waals surface area contributed by atoms with Crippen LogP contribution in [0.3, 0.4) is 0 Å². The summed E-state index contributed by atoms with van der Waals surface area (Å²) in [6, 6.07) is 8.33. The van der Waals surface area contributed by atoms with Gasteiger partial charge in [-0.25, -0.2) is 0 Å². The van der Waals surface area contributed by atoms with E-state index < -0.39 is 0 Å². The molecule has 0 aliphatic rings. The Morgan fingerprint density at radius 3 is 2.60 bits per heavy atom. The van der Waals surface area contributed by atoms with Gasteiger partial charge in [-0.2, -0.15) is 5.10 Å². The van der Waals surface area contributed by atoms with E-state index in [0.717, 1.165) is 39.1 Å². The maximum absolute atomic E-state index is 6.45. The molecule has 0 fully saturated rings. The highest BCUT2D eigenvalue weighted by molar-refractivity contribution is 9.10. The van der Waals surface area contributed by atoms with E-state index in [1.54, 1.807) is 0 Å². The zero-order valence-electron chi connectivity index (χ0n) is 11.5. The highest BCUT2D eigenvalue weighted by Gasteiger charge is 2.20. The molecule has 1 unspecified atom stereocenters. The Kier molecular flexibility index (Phi) is 5.70. The van der Waals surface area contributed by atoms with Gasteiger partial charge in [-0.15, -0.1) is 0 Å². The number of hydrogen-bond acceptors (Lipinski definition) is 1. The molecule has 5 heteroatoms. The molecule has 0 bridgehead atoms. The molecule has 1 aromatic carbocycles. The first-order valence-corrected chi connectivity index (χ1v) is 8.88. The van der Waals surface area contributed by atoms with Gasteiger partial charge in [-0.1, -0.05) is 68.6 Å². The maximum Gasteiger partial charge on any atom is 0.0849 e. The fourth-order valence-corrected chi connectivity index (χ4v) is 3.89. The third-order valence-corrected chi connectivity index (χ3v) is 5.41. The van der Waals surface area contributed by atoms with Crippen molar-refractivity contribution in [1.82, 2.24) is 9.78 Å². The monoisotopic (exact) mass is 418 g/mol. The second-order valence-electron chi connectivity index (χ2n) is 4.76. The first kappa shape index (κ1) is 16.1.